The predicted molar refractivity (Wildman–Crippen MR) is 82.2 cm³/mol. The molecule has 6 heteroatoms. The van der Waals surface area contributed by atoms with Gasteiger partial charge < -0.3 is 10.8 Å². The lowest BCUT2D eigenvalue weighted by Crippen LogP contribution is -2.30. The molecule has 112 valence electrons. The molecule has 0 saturated heterocycles. The number of hydrogen-bond acceptors (Lipinski definition) is 4. The fourth-order valence-electron chi connectivity index (χ4n) is 1.97. The Labute approximate surface area is 124 Å². The van der Waals surface area contributed by atoms with Crippen LogP contribution in [0.1, 0.15) is 17.2 Å². The third kappa shape index (κ3) is 3.60. The third-order valence-corrected chi connectivity index (χ3v) is 4.70. The molecule has 0 aliphatic carbocycles. The minimum atomic E-state index is -3.72. The van der Waals surface area contributed by atoms with Crippen LogP contribution in [-0.2, 0) is 10.0 Å². The van der Waals surface area contributed by atoms with Gasteiger partial charge in [0.15, 0.2) is 0 Å². The van der Waals surface area contributed by atoms with Gasteiger partial charge in [-0.25, -0.2) is 13.1 Å². The highest BCUT2D eigenvalue weighted by Crippen LogP contribution is 2.20. The number of nitrogens with two attached hydrogens (primary N) is 1. The number of nitrogens with one attached hydrogen (secondary N) is 1. The summed E-state index contributed by atoms with van der Waals surface area (Å²) in [4.78, 5) is 0.128. The van der Waals surface area contributed by atoms with Crippen LogP contribution in [0, 0.1) is 6.92 Å². The quantitative estimate of drug-likeness (QED) is 0.731. The van der Waals surface area contributed by atoms with Gasteiger partial charge >= 0.3 is 0 Å². The SMILES string of the molecule is Cc1cc(S(=O)(=O)N[C@@H](CO)c2ccccc2)ccc1N. The summed E-state index contributed by atoms with van der Waals surface area (Å²) >= 11 is 0. The number of sulfonamides is 1. The topological polar surface area (TPSA) is 92.4 Å². The maximum atomic E-state index is 12.4. The van der Waals surface area contributed by atoms with E-state index in [4.69, 9.17) is 5.73 Å². The Bertz CT molecular complexity index is 715. The number of benzene rings is 2. The zero-order valence-electron chi connectivity index (χ0n) is 11.7. The molecule has 1 atom stereocenters. The molecule has 5 nitrogen and oxygen atoms in total. The first-order valence-electron chi connectivity index (χ1n) is 6.48. The van der Waals surface area contributed by atoms with Crippen molar-refractivity contribution in [3.05, 3.63) is 59.7 Å². The number of anilines is 1. The lowest BCUT2D eigenvalue weighted by molar-refractivity contribution is 0.259. The van der Waals surface area contributed by atoms with Crippen LogP contribution in [-0.4, -0.2) is 20.1 Å². The fraction of sp³-hybridized carbons (Fsp3) is 0.200. The van der Waals surface area contributed by atoms with Crippen LogP contribution in [0.4, 0.5) is 5.69 Å². The lowest BCUT2D eigenvalue weighted by atomic mass is 10.1. The standard InChI is InChI=1S/C15H18N2O3S/c1-11-9-13(7-8-14(11)16)21(19,20)17-15(10-18)12-5-3-2-4-6-12/h2-9,15,17-18H,10,16H2,1H3/t15-/m0/s1. The maximum Gasteiger partial charge on any atom is 0.241 e. The molecule has 4 N–H and O–H groups in total. The second kappa shape index (κ2) is 6.26. The first kappa shape index (κ1) is 15.5. The van der Waals surface area contributed by atoms with Gasteiger partial charge in [-0.15, -0.1) is 0 Å². The highest BCUT2D eigenvalue weighted by molar-refractivity contribution is 7.89. The molecule has 21 heavy (non-hydrogen) atoms. The van der Waals surface area contributed by atoms with Crippen LogP contribution < -0.4 is 10.5 Å². The molecule has 0 heterocycles. The molecular weight excluding hydrogens is 288 g/mol. The van der Waals surface area contributed by atoms with Crippen molar-refractivity contribution in [1.82, 2.24) is 4.72 Å². The van der Waals surface area contributed by atoms with Crippen molar-refractivity contribution in [2.24, 2.45) is 0 Å². The minimum absolute atomic E-state index is 0.128. The Morgan fingerprint density at radius 3 is 2.43 bits per heavy atom. The number of hydrogen-bond donors (Lipinski definition) is 3. The summed E-state index contributed by atoms with van der Waals surface area (Å²) in [7, 11) is -3.72. The van der Waals surface area contributed by atoms with Gasteiger partial charge in [0.1, 0.15) is 0 Å². The highest BCUT2D eigenvalue weighted by atomic mass is 32.2. The fourth-order valence-corrected chi connectivity index (χ4v) is 3.27. The molecule has 0 bridgehead atoms. The van der Waals surface area contributed by atoms with Gasteiger partial charge in [0.25, 0.3) is 0 Å². The molecule has 0 fully saturated rings. The van der Waals surface area contributed by atoms with E-state index in [9.17, 15) is 13.5 Å². The van der Waals surface area contributed by atoms with Crippen LogP contribution in [0.2, 0.25) is 0 Å². The molecule has 0 radical (unpaired) electrons. The summed E-state index contributed by atoms with van der Waals surface area (Å²) in [5.41, 5.74) is 7.63. The Kier molecular flexibility index (Phi) is 4.62. The molecule has 2 rings (SSSR count). The summed E-state index contributed by atoms with van der Waals surface area (Å²) in [6.45, 7) is 1.42. The number of nitrogen functional groups attached to an aromatic ring is 1. The molecule has 0 aromatic heterocycles. The smallest absolute Gasteiger partial charge is 0.241 e. The second-order valence-electron chi connectivity index (χ2n) is 4.79. The molecule has 0 aliphatic rings. The Balaban J connectivity index is 2.29. The van der Waals surface area contributed by atoms with Crippen LogP contribution in [0.3, 0.4) is 0 Å². The number of rotatable bonds is 5. The van der Waals surface area contributed by atoms with Crippen molar-refractivity contribution in [3.8, 4) is 0 Å². The summed E-state index contributed by atoms with van der Waals surface area (Å²) in [6, 6.07) is 12.8. The van der Waals surface area contributed by atoms with Crippen LogP contribution >= 0.6 is 0 Å². The van der Waals surface area contributed by atoms with E-state index in [2.05, 4.69) is 4.72 Å². The number of aryl methyl sites for hydroxylation is 1. The van der Waals surface area contributed by atoms with E-state index in [0.717, 1.165) is 0 Å². The van der Waals surface area contributed by atoms with Crippen molar-refractivity contribution < 1.29 is 13.5 Å². The molecule has 2 aromatic rings. The van der Waals surface area contributed by atoms with Gasteiger partial charge in [0, 0.05) is 5.69 Å². The number of aliphatic hydroxyl groups excluding tert-OH is 1. The first-order valence-corrected chi connectivity index (χ1v) is 7.96. The van der Waals surface area contributed by atoms with Gasteiger partial charge in [-0.05, 0) is 36.2 Å². The van der Waals surface area contributed by atoms with Crippen molar-refractivity contribution in [3.63, 3.8) is 0 Å². The Morgan fingerprint density at radius 2 is 1.86 bits per heavy atom. The van der Waals surface area contributed by atoms with Gasteiger partial charge in [-0.2, -0.15) is 0 Å². The normalized spacial score (nSPS) is 13.0. The summed E-state index contributed by atoms with van der Waals surface area (Å²) in [5.74, 6) is 0. The van der Waals surface area contributed by atoms with E-state index in [-0.39, 0.29) is 11.5 Å². The van der Waals surface area contributed by atoms with Crippen molar-refractivity contribution in [2.45, 2.75) is 17.9 Å². The maximum absolute atomic E-state index is 12.4. The molecule has 0 saturated carbocycles. The zero-order valence-corrected chi connectivity index (χ0v) is 12.5. The number of aliphatic hydroxyl groups is 1. The first-order chi connectivity index (χ1) is 9.94. The summed E-state index contributed by atoms with van der Waals surface area (Å²) < 4.78 is 27.3. The predicted octanol–water partition coefficient (Wildman–Crippen LogP) is 1.59. The molecule has 0 unspecified atom stereocenters. The van der Waals surface area contributed by atoms with Gasteiger partial charge in [-0.3, -0.25) is 0 Å². The van der Waals surface area contributed by atoms with Crippen LogP contribution in [0.25, 0.3) is 0 Å². The van der Waals surface area contributed by atoms with Crippen molar-refractivity contribution >= 4 is 15.7 Å². The van der Waals surface area contributed by atoms with E-state index < -0.39 is 16.1 Å². The minimum Gasteiger partial charge on any atom is -0.399 e. The Morgan fingerprint density at radius 1 is 1.19 bits per heavy atom. The van der Waals surface area contributed by atoms with E-state index in [1.54, 1.807) is 37.3 Å². The lowest BCUT2D eigenvalue weighted by Gasteiger charge is -2.17. The summed E-state index contributed by atoms with van der Waals surface area (Å²) in [5, 5.41) is 9.44. The largest absolute Gasteiger partial charge is 0.399 e. The average molecular weight is 306 g/mol. The van der Waals surface area contributed by atoms with E-state index in [1.807, 2.05) is 6.07 Å². The zero-order chi connectivity index (χ0) is 15.5. The average Bonchev–Trinajstić information content (AvgIpc) is 2.48. The molecule has 0 aliphatic heterocycles. The van der Waals surface area contributed by atoms with E-state index >= 15 is 0 Å². The van der Waals surface area contributed by atoms with Gasteiger partial charge in [-0.1, -0.05) is 30.3 Å². The van der Waals surface area contributed by atoms with Crippen LogP contribution in [0.5, 0.6) is 0 Å². The van der Waals surface area contributed by atoms with Crippen molar-refractivity contribution in [1.29, 1.82) is 0 Å². The van der Waals surface area contributed by atoms with E-state index in [1.165, 1.54) is 12.1 Å². The molecular formula is C15H18N2O3S. The summed E-state index contributed by atoms with van der Waals surface area (Å²) in [6.07, 6.45) is 0. The second-order valence-corrected chi connectivity index (χ2v) is 6.50. The molecule has 0 amide bonds. The monoisotopic (exact) mass is 306 g/mol. The Hall–Kier alpha value is -1.89. The highest BCUT2D eigenvalue weighted by Gasteiger charge is 2.21. The van der Waals surface area contributed by atoms with Gasteiger partial charge in [0.2, 0.25) is 10.0 Å². The van der Waals surface area contributed by atoms with E-state index in [0.29, 0.717) is 16.8 Å². The third-order valence-electron chi connectivity index (χ3n) is 3.23. The van der Waals surface area contributed by atoms with Gasteiger partial charge in [0.05, 0.1) is 17.5 Å². The molecule has 2 aromatic carbocycles. The molecule has 0 spiro atoms. The van der Waals surface area contributed by atoms with Crippen LogP contribution in [0.15, 0.2) is 53.4 Å². The van der Waals surface area contributed by atoms with Crippen molar-refractivity contribution in [2.75, 3.05) is 12.3 Å².